The minimum absolute atomic E-state index is 0.0915. The van der Waals surface area contributed by atoms with Crippen LogP contribution in [0.1, 0.15) is 5.56 Å². The summed E-state index contributed by atoms with van der Waals surface area (Å²) < 4.78 is 44.4. The molecule has 1 rings (SSSR count). The molecule has 1 aromatic rings. The van der Waals surface area contributed by atoms with Crippen LogP contribution in [-0.4, -0.2) is 23.4 Å². The molecule has 10 heteroatoms. The Morgan fingerprint density at radius 1 is 1.56 bits per heavy atom. The third kappa shape index (κ3) is 3.13. The predicted octanol–water partition coefficient (Wildman–Crippen LogP) is 2.64. The second kappa shape index (κ2) is 5.25. The van der Waals surface area contributed by atoms with E-state index < -0.39 is 28.7 Å². The lowest BCUT2D eigenvalue weighted by atomic mass is 10.2. The zero-order valence-electron chi connectivity index (χ0n) is 8.82. The highest BCUT2D eigenvalue weighted by molar-refractivity contribution is 6.17. The number of nitrogens with zero attached hydrogens (tertiary/aromatic N) is 2. The minimum atomic E-state index is -5.09. The molecule has 0 saturated carbocycles. The third-order valence-electron chi connectivity index (χ3n) is 1.83. The van der Waals surface area contributed by atoms with Crippen molar-refractivity contribution in [3.8, 4) is 11.6 Å². The van der Waals surface area contributed by atoms with Crippen LogP contribution in [0.25, 0.3) is 0 Å². The van der Waals surface area contributed by atoms with Gasteiger partial charge in [0.2, 0.25) is 0 Å². The molecule has 0 fully saturated rings. The molecule has 0 bridgehead atoms. The largest absolute Gasteiger partial charge is 0.574 e. The molecule has 0 aliphatic heterocycles. The van der Waals surface area contributed by atoms with Gasteiger partial charge in [0.25, 0.3) is 0 Å². The molecule has 0 aliphatic carbocycles. The summed E-state index contributed by atoms with van der Waals surface area (Å²) in [6.07, 6.45) is -4.22. The first-order chi connectivity index (χ1) is 8.30. The summed E-state index contributed by atoms with van der Waals surface area (Å²) in [7, 11) is 1.18. The fourth-order valence-electron chi connectivity index (χ4n) is 1.18. The SMILES string of the molecule is COc1cnc(OC(F)(F)F)c([N+](=O)[O-])c1CCl. The molecule has 0 unspecified atom stereocenters. The molecule has 6 nitrogen and oxygen atoms in total. The maximum atomic E-state index is 12.1. The van der Waals surface area contributed by atoms with E-state index in [1.165, 1.54) is 7.11 Å². The monoisotopic (exact) mass is 286 g/mol. The van der Waals surface area contributed by atoms with Crippen LogP contribution < -0.4 is 9.47 Å². The summed E-state index contributed by atoms with van der Waals surface area (Å²) in [6, 6.07) is 0. The van der Waals surface area contributed by atoms with Gasteiger partial charge in [-0.05, 0) is 0 Å². The highest BCUT2D eigenvalue weighted by Crippen LogP contribution is 2.38. The number of pyridine rings is 1. The van der Waals surface area contributed by atoms with E-state index in [0.29, 0.717) is 0 Å². The molecule has 1 heterocycles. The number of halogens is 4. The van der Waals surface area contributed by atoms with Crippen LogP contribution in [0, 0.1) is 10.1 Å². The topological polar surface area (TPSA) is 74.5 Å². The maximum absolute atomic E-state index is 12.1. The number of alkyl halides is 4. The van der Waals surface area contributed by atoms with Gasteiger partial charge in [0.1, 0.15) is 5.75 Å². The van der Waals surface area contributed by atoms with E-state index in [1.807, 2.05) is 0 Å². The van der Waals surface area contributed by atoms with Gasteiger partial charge in [-0.1, -0.05) is 0 Å². The zero-order chi connectivity index (χ0) is 13.9. The molecule has 0 radical (unpaired) electrons. The van der Waals surface area contributed by atoms with Gasteiger partial charge in [0, 0.05) is 0 Å². The highest BCUT2D eigenvalue weighted by atomic mass is 35.5. The first kappa shape index (κ1) is 14.3. The van der Waals surface area contributed by atoms with E-state index in [2.05, 4.69) is 9.72 Å². The van der Waals surface area contributed by atoms with Crippen LogP contribution in [0.2, 0.25) is 0 Å². The van der Waals surface area contributed by atoms with Crippen LogP contribution in [0.3, 0.4) is 0 Å². The number of methoxy groups -OCH3 is 1. The van der Waals surface area contributed by atoms with Crippen molar-refractivity contribution in [1.82, 2.24) is 4.98 Å². The number of ether oxygens (including phenoxy) is 2. The first-order valence-electron chi connectivity index (χ1n) is 4.32. The van der Waals surface area contributed by atoms with Gasteiger partial charge in [-0.3, -0.25) is 10.1 Å². The van der Waals surface area contributed by atoms with Crippen molar-refractivity contribution >= 4 is 17.3 Å². The van der Waals surface area contributed by atoms with E-state index >= 15 is 0 Å². The highest BCUT2D eigenvalue weighted by Gasteiger charge is 2.37. The molecular weight excluding hydrogens is 281 g/mol. The molecule has 0 atom stereocenters. The lowest BCUT2D eigenvalue weighted by molar-refractivity contribution is -0.389. The zero-order valence-corrected chi connectivity index (χ0v) is 9.58. The molecule has 0 spiro atoms. The predicted molar refractivity (Wildman–Crippen MR) is 53.7 cm³/mol. The summed E-state index contributed by atoms with van der Waals surface area (Å²) in [6.45, 7) is 0. The number of nitro groups is 1. The van der Waals surface area contributed by atoms with Crippen LogP contribution in [0.5, 0.6) is 11.6 Å². The lowest BCUT2D eigenvalue weighted by Gasteiger charge is -2.11. The van der Waals surface area contributed by atoms with Crippen LogP contribution in [0.4, 0.5) is 18.9 Å². The Hall–Kier alpha value is -1.77. The van der Waals surface area contributed by atoms with Gasteiger partial charge >= 0.3 is 17.9 Å². The summed E-state index contributed by atoms with van der Waals surface area (Å²) in [5, 5.41) is 10.8. The van der Waals surface area contributed by atoms with Gasteiger partial charge in [-0.25, -0.2) is 4.98 Å². The van der Waals surface area contributed by atoms with E-state index in [-0.39, 0.29) is 11.3 Å². The summed E-state index contributed by atoms with van der Waals surface area (Å²) in [5.41, 5.74) is -1.21. The van der Waals surface area contributed by atoms with Gasteiger partial charge in [0.15, 0.2) is 0 Å². The van der Waals surface area contributed by atoms with Crippen molar-refractivity contribution in [3.63, 3.8) is 0 Å². The fourth-order valence-corrected chi connectivity index (χ4v) is 1.44. The van der Waals surface area contributed by atoms with Gasteiger partial charge in [-0.15, -0.1) is 24.8 Å². The molecule has 0 N–H and O–H groups in total. The number of hydrogen-bond acceptors (Lipinski definition) is 5. The summed E-state index contributed by atoms with van der Waals surface area (Å²) in [5.74, 6) is -1.69. The van der Waals surface area contributed by atoms with E-state index in [4.69, 9.17) is 16.3 Å². The molecule has 0 aromatic carbocycles. The van der Waals surface area contributed by atoms with Crippen molar-refractivity contribution in [2.45, 2.75) is 12.2 Å². The van der Waals surface area contributed by atoms with E-state index in [0.717, 1.165) is 6.20 Å². The van der Waals surface area contributed by atoms with E-state index in [9.17, 15) is 23.3 Å². The first-order valence-corrected chi connectivity index (χ1v) is 4.85. The van der Waals surface area contributed by atoms with Crippen molar-refractivity contribution < 1.29 is 27.6 Å². The second-order valence-electron chi connectivity index (χ2n) is 2.90. The van der Waals surface area contributed by atoms with Crippen LogP contribution in [-0.2, 0) is 5.88 Å². The smallest absolute Gasteiger partial charge is 0.495 e. The van der Waals surface area contributed by atoms with Crippen LogP contribution in [0.15, 0.2) is 6.20 Å². The third-order valence-corrected chi connectivity index (χ3v) is 2.10. The van der Waals surface area contributed by atoms with Gasteiger partial charge < -0.3 is 9.47 Å². The van der Waals surface area contributed by atoms with Crippen molar-refractivity contribution in [2.75, 3.05) is 7.11 Å². The van der Waals surface area contributed by atoms with Gasteiger partial charge in [-0.2, -0.15) is 0 Å². The lowest BCUT2D eigenvalue weighted by Crippen LogP contribution is -2.19. The Kier molecular flexibility index (Phi) is 4.17. The molecule has 0 aliphatic rings. The molecule has 18 heavy (non-hydrogen) atoms. The van der Waals surface area contributed by atoms with Crippen molar-refractivity contribution in [2.24, 2.45) is 0 Å². The Morgan fingerprint density at radius 3 is 2.56 bits per heavy atom. The molecule has 0 amide bonds. The Bertz CT molecular complexity index is 466. The summed E-state index contributed by atoms with van der Waals surface area (Å²) >= 11 is 5.45. The quantitative estimate of drug-likeness (QED) is 0.483. The molecule has 1 aromatic heterocycles. The second-order valence-corrected chi connectivity index (χ2v) is 3.16. The summed E-state index contributed by atoms with van der Waals surface area (Å²) in [4.78, 5) is 12.9. The number of aromatic nitrogens is 1. The number of hydrogen-bond donors (Lipinski definition) is 0. The Balaban J connectivity index is 3.39. The average Bonchev–Trinajstić information content (AvgIpc) is 2.25. The fraction of sp³-hybridized carbons (Fsp3) is 0.375. The normalized spacial score (nSPS) is 11.2. The Labute approximate surface area is 103 Å². The Morgan fingerprint density at radius 2 is 2.17 bits per heavy atom. The molecule has 0 saturated heterocycles. The van der Waals surface area contributed by atoms with Crippen molar-refractivity contribution in [3.05, 3.63) is 21.9 Å². The molecular formula is C8H6ClF3N2O4. The van der Waals surface area contributed by atoms with E-state index in [1.54, 1.807) is 0 Å². The minimum Gasteiger partial charge on any atom is -0.495 e. The van der Waals surface area contributed by atoms with Crippen LogP contribution >= 0.6 is 11.6 Å². The van der Waals surface area contributed by atoms with Gasteiger partial charge in [0.05, 0.1) is 29.7 Å². The van der Waals surface area contributed by atoms with Crippen molar-refractivity contribution in [1.29, 1.82) is 0 Å². The average molecular weight is 287 g/mol. The maximum Gasteiger partial charge on any atom is 0.574 e. The molecule has 100 valence electrons. The standard InChI is InChI=1S/C8H6ClF3N2O4/c1-17-5-3-13-7(18-8(10,11)12)6(14(15)16)4(5)2-9/h3H,2H2,1H3. The number of rotatable bonds is 4.